The van der Waals surface area contributed by atoms with E-state index in [0.29, 0.717) is 19.5 Å². The van der Waals surface area contributed by atoms with Crippen LogP contribution in [0.25, 0.3) is 0 Å². The quantitative estimate of drug-likeness (QED) is 0.655. The second kappa shape index (κ2) is 11.5. The number of hydrogen-bond donors (Lipinski definition) is 0. The van der Waals surface area contributed by atoms with Crippen molar-refractivity contribution in [2.75, 3.05) is 45.9 Å². The van der Waals surface area contributed by atoms with Gasteiger partial charge in [0.1, 0.15) is 0 Å². The monoisotopic (exact) mass is 415 g/mol. The van der Waals surface area contributed by atoms with Gasteiger partial charge in [0.25, 0.3) is 0 Å². The van der Waals surface area contributed by atoms with E-state index in [1.54, 1.807) is 0 Å². The molecule has 0 spiro atoms. The van der Waals surface area contributed by atoms with E-state index >= 15 is 0 Å². The summed E-state index contributed by atoms with van der Waals surface area (Å²) in [5.74, 6) is 0.273. The maximum atomic E-state index is 13.7. The van der Waals surface area contributed by atoms with Crippen LogP contribution in [0.5, 0.6) is 0 Å². The summed E-state index contributed by atoms with van der Waals surface area (Å²) >= 11 is 0. The van der Waals surface area contributed by atoms with Crippen molar-refractivity contribution in [3.8, 4) is 0 Å². The van der Waals surface area contributed by atoms with Crippen LogP contribution < -0.4 is 0 Å². The van der Waals surface area contributed by atoms with Gasteiger partial charge in [-0.15, -0.1) is 0 Å². The van der Waals surface area contributed by atoms with Crippen molar-refractivity contribution in [3.05, 3.63) is 35.9 Å². The van der Waals surface area contributed by atoms with E-state index in [0.717, 1.165) is 64.2 Å². The molecule has 1 aromatic carbocycles. The summed E-state index contributed by atoms with van der Waals surface area (Å²) in [5, 5.41) is 0. The molecule has 0 aromatic heterocycles. The maximum Gasteiger partial charge on any atom is 0.228 e. The zero-order chi connectivity index (χ0) is 21.3. The molecule has 2 aliphatic rings. The number of carbonyl (C=O) groups excluding carboxylic acids is 2. The number of piperidine rings is 1. The predicted octanol–water partition coefficient (Wildman–Crippen LogP) is 2.77. The fraction of sp³-hybridized carbons (Fsp3) is 0.667. The van der Waals surface area contributed by atoms with E-state index in [1.807, 2.05) is 34.9 Å². The molecule has 0 bridgehead atoms. The molecule has 2 saturated heterocycles. The molecule has 2 heterocycles. The minimum Gasteiger partial charge on any atom is -0.379 e. The zero-order valence-corrected chi connectivity index (χ0v) is 18.6. The van der Waals surface area contributed by atoms with Crippen LogP contribution in [0.15, 0.2) is 30.3 Å². The lowest BCUT2D eigenvalue weighted by Crippen LogP contribution is -2.52. The largest absolute Gasteiger partial charge is 0.379 e. The SMILES string of the molecule is CCCC(=O)N1CCCC(C(=O)N(Cc2ccccc2)C(C)CN2CCOCC2)C1. The van der Waals surface area contributed by atoms with Gasteiger partial charge in [-0.25, -0.2) is 0 Å². The Morgan fingerprint density at radius 3 is 2.60 bits per heavy atom. The number of morpholine rings is 1. The Morgan fingerprint density at radius 2 is 1.90 bits per heavy atom. The number of amides is 2. The van der Waals surface area contributed by atoms with Crippen LogP contribution in [0.4, 0.5) is 0 Å². The molecule has 0 N–H and O–H groups in total. The topological polar surface area (TPSA) is 53.1 Å². The number of hydrogen-bond acceptors (Lipinski definition) is 4. The summed E-state index contributed by atoms with van der Waals surface area (Å²) in [6, 6.07) is 10.3. The smallest absolute Gasteiger partial charge is 0.228 e. The van der Waals surface area contributed by atoms with E-state index in [2.05, 4.69) is 24.0 Å². The highest BCUT2D eigenvalue weighted by Crippen LogP contribution is 2.23. The second-order valence-electron chi connectivity index (χ2n) is 8.64. The summed E-state index contributed by atoms with van der Waals surface area (Å²) in [4.78, 5) is 32.4. The first-order valence-corrected chi connectivity index (χ1v) is 11.5. The van der Waals surface area contributed by atoms with Gasteiger partial charge in [0.2, 0.25) is 11.8 Å². The lowest BCUT2D eigenvalue weighted by atomic mass is 9.95. The first kappa shape index (κ1) is 22.8. The van der Waals surface area contributed by atoms with Crippen LogP contribution >= 0.6 is 0 Å². The summed E-state index contributed by atoms with van der Waals surface area (Å²) in [6.45, 7) is 10.3. The molecular formula is C24H37N3O3. The number of benzene rings is 1. The van der Waals surface area contributed by atoms with Crippen molar-refractivity contribution in [2.24, 2.45) is 5.92 Å². The van der Waals surface area contributed by atoms with Gasteiger partial charge in [0.05, 0.1) is 19.1 Å². The van der Waals surface area contributed by atoms with E-state index in [4.69, 9.17) is 4.74 Å². The third-order valence-electron chi connectivity index (χ3n) is 6.22. The number of rotatable bonds is 8. The third-order valence-corrected chi connectivity index (χ3v) is 6.22. The van der Waals surface area contributed by atoms with Crippen molar-refractivity contribution < 1.29 is 14.3 Å². The van der Waals surface area contributed by atoms with Gasteiger partial charge in [-0.1, -0.05) is 37.3 Å². The number of likely N-dealkylation sites (tertiary alicyclic amines) is 1. The van der Waals surface area contributed by atoms with Gasteiger partial charge < -0.3 is 14.5 Å². The fourth-order valence-corrected chi connectivity index (χ4v) is 4.50. The highest BCUT2D eigenvalue weighted by Gasteiger charge is 2.33. The lowest BCUT2D eigenvalue weighted by Gasteiger charge is -2.39. The molecule has 30 heavy (non-hydrogen) atoms. The molecule has 6 nitrogen and oxygen atoms in total. The van der Waals surface area contributed by atoms with E-state index in [9.17, 15) is 9.59 Å². The second-order valence-corrected chi connectivity index (χ2v) is 8.64. The molecule has 1 aromatic rings. The predicted molar refractivity (Wildman–Crippen MR) is 118 cm³/mol. The minimum atomic E-state index is -0.101. The average molecular weight is 416 g/mol. The molecule has 2 unspecified atom stereocenters. The molecule has 2 aliphatic heterocycles. The minimum absolute atomic E-state index is 0.101. The summed E-state index contributed by atoms with van der Waals surface area (Å²) in [7, 11) is 0. The molecule has 6 heteroatoms. The van der Waals surface area contributed by atoms with Crippen molar-refractivity contribution in [2.45, 2.75) is 52.1 Å². The highest BCUT2D eigenvalue weighted by molar-refractivity contribution is 5.81. The molecule has 3 rings (SSSR count). The van der Waals surface area contributed by atoms with Gasteiger partial charge in [-0.3, -0.25) is 14.5 Å². The molecule has 0 saturated carbocycles. The van der Waals surface area contributed by atoms with Crippen LogP contribution in [0, 0.1) is 5.92 Å². The number of ether oxygens (including phenoxy) is 1. The summed E-state index contributed by atoms with van der Waals surface area (Å²) in [5.41, 5.74) is 1.15. The number of nitrogens with zero attached hydrogens (tertiary/aromatic N) is 3. The molecule has 2 fully saturated rings. The first-order valence-electron chi connectivity index (χ1n) is 11.5. The van der Waals surface area contributed by atoms with Crippen LogP contribution in [-0.2, 0) is 20.9 Å². The fourth-order valence-electron chi connectivity index (χ4n) is 4.50. The van der Waals surface area contributed by atoms with Gasteiger partial charge >= 0.3 is 0 Å². The van der Waals surface area contributed by atoms with E-state index in [1.165, 1.54) is 0 Å². The van der Waals surface area contributed by atoms with Crippen LogP contribution in [0.1, 0.15) is 45.1 Å². The molecular weight excluding hydrogens is 378 g/mol. The van der Waals surface area contributed by atoms with Gasteiger partial charge in [-0.05, 0) is 31.7 Å². The molecule has 166 valence electrons. The Labute approximate surface area is 181 Å². The Balaban J connectivity index is 1.70. The number of carbonyl (C=O) groups is 2. The highest BCUT2D eigenvalue weighted by atomic mass is 16.5. The summed E-state index contributed by atoms with van der Waals surface area (Å²) < 4.78 is 5.47. The van der Waals surface area contributed by atoms with Crippen molar-refractivity contribution in [3.63, 3.8) is 0 Å². The maximum absolute atomic E-state index is 13.7. The van der Waals surface area contributed by atoms with Gasteiger partial charge in [0, 0.05) is 51.7 Å². The average Bonchev–Trinajstić information content (AvgIpc) is 2.78. The summed E-state index contributed by atoms with van der Waals surface area (Å²) in [6.07, 6.45) is 3.19. The van der Waals surface area contributed by atoms with E-state index in [-0.39, 0.29) is 23.8 Å². The Kier molecular flexibility index (Phi) is 8.70. The molecule has 0 radical (unpaired) electrons. The molecule has 2 atom stereocenters. The Hall–Kier alpha value is -1.92. The van der Waals surface area contributed by atoms with Crippen LogP contribution in [-0.4, -0.2) is 78.5 Å². The molecule has 2 amide bonds. The van der Waals surface area contributed by atoms with E-state index < -0.39 is 0 Å². The van der Waals surface area contributed by atoms with Gasteiger partial charge in [0.15, 0.2) is 0 Å². The molecule has 0 aliphatic carbocycles. The van der Waals surface area contributed by atoms with Crippen molar-refractivity contribution in [1.29, 1.82) is 0 Å². The van der Waals surface area contributed by atoms with Crippen molar-refractivity contribution in [1.82, 2.24) is 14.7 Å². The van der Waals surface area contributed by atoms with Crippen molar-refractivity contribution >= 4 is 11.8 Å². The standard InChI is InChI=1S/C24H37N3O3/c1-3-8-23(28)26-12-7-11-22(19-26)24(29)27(18-21-9-5-4-6-10-21)20(2)17-25-13-15-30-16-14-25/h4-6,9-10,20,22H,3,7-8,11-19H2,1-2H3. The lowest BCUT2D eigenvalue weighted by molar-refractivity contribution is -0.143. The first-order chi connectivity index (χ1) is 14.6. The normalized spacial score (nSPS) is 21.3. The Bertz CT molecular complexity index is 676. The van der Waals surface area contributed by atoms with Crippen LogP contribution in [0.2, 0.25) is 0 Å². The van der Waals surface area contributed by atoms with Crippen LogP contribution in [0.3, 0.4) is 0 Å². The van der Waals surface area contributed by atoms with Gasteiger partial charge in [-0.2, -0.15) is 0 Å². The zero-order valence-electron chi connectivity index (χ0n) is 18.6. The Morgan fingerprint density at radius 1 is 1.17 bits per heavy atom. The third kappa shape index (κ3) is 6.29.